The van der Waals surface area contributed by atoms with Crippen LogP contribution in [0.5, 0.6) is 5.75 Å². The molecule has 2 aromatic rings. The molecule has 35 heavy (non-hydrogen) atoms. The molecule has 1 saturated heterocycles. The topological polar surface area (TPSA) is 70.2 Å². The molecule has 2 aliphatic rings. The molecule has 0 spiro atoms. The average Bonchev–Trinajstić information content (AvgIpc) is 3.14. The fourth-order valence-electron chi connectivity index (χ4n) is 5.10. The van der Waals surface area contributed by atoms with Gasteiger partial charge in [0, 0.05) is 51.4 Å². The van der Waals surface area contributed by atoms with Crippen LogP contribution in [-0.2, 0) is 16.6 Å². The minimum absolute atomic E-state index is 0.0374. The number of ether oxygens (including phenoxy) is 1. The van der Waals surface area contributed by atoms with E-state index in [1.807, 2.05) is 17.0 Å². The Morgan fingerprint density at radius 3 is 2.43 bits per heavy atom. The molecule has 1 saturated carbocycles. The lowest BCUT2D eigenvalue weighted by Gasteiger charge is -2.30. The Labute approximate surface area is 209 Å². The van der Waals surface area contributed by atoms with Crippen LogP contribution in [0.25, 0.3) is 0 Å². The van der Waals surface area contributed by atoms with Gasteiger partial charge in [0.15, 0.2) is 0 Å². The quantitative estimate of drug-likeness (QED) is 0.576. The SMILES string of the molecule is COc1ccc(CN2CCCN(C(=O)c3cccc(S(=O)(=O)N(C)C4CCCCC4)c3)CC2)cc1. The number of benzene rings is 2. The van der Waals surface area contributed by atoms with Crippen molar-refractivity contribution in [3.63, 3.8) is 0 Å². The second kappa shape index (κ2) is 11.5. The van der Waals surface area contributed by atoms with Crippen molar-refractivity contribution in [3.05, 3.63) is 59.7 Å². The molecule has 8 heteroatoms. The van der Waals surface area contributed by atoms with Crippen molar-refractivity contribution < 1.29 is 17.9 Å². The molecule has 0 atom stereocenters. The lowest BCUT2D eigenvalue weighted by Crippen LogP contribution is -2.38. The summed E-state index contributed by atoms with van der Waals surface area (Å²) in [6.07, 6.45) is 5.97. The fourth-order valence-corrected chi connectivity index (χ4v) is 6.56. The molecule has 7 nitrogen and oxygen atoms in total. The van der Waals surface area contributed by atoms with Crippen LogP contribution in [0.1, 0.15) is 54.4 Å². The van der Waals surface area contributed by atoms with Crippen LogP contribution in [0.3, 0.4) is 0 Å². The first-order valence-electron chi connectivity index (χ1n) is 12.6. The molecule has 4 rings (SSSR count). The largest absolute Gasteiger partial charge is 0.497 e. The van der Waals surface area contributed by atoms with Gasteiger partial charge in [0.1, 0.15) is 5.75 Å². The second-order valence-electron chi connectivity index (χ2n) is 9.61. The summed E-state index contributed by atoms with van der Waals surface area (Å²) in [6.45, 7) is 3.80. The van der Waals surface area contributed by atoms with Crippen LogP contribution in [-0.4, -0.2) is 74.8 Å². The number of hydrogen-bond acceptors (Lipinski definition) is 5. The van der Waals surface area contributed by atoms with E-state index in [0.717, 1.165) is 57.5 Å². The van der Waals surface area contributed by atoms with Crippen LogP contribution in [0, 0.1) is 0 Å². The first kappa shape index (κ1) is 25.7. The highest BCUT2D eigenvalue weighted by atomic mass is 32.2. The normalized spacial score (nSPS) is 18.4. The molecule has 1 aliphatic carbocycles. The highest BCUT2D eigenvalue weighted by Gasteiger charge is 2.30. The predicted molar refractivity (Wildman–Crippen MR) is 137 cm³/mol. The van der Waals surface area contributed by atoms with Crippen molar-refractivity contribution in [2.24, 2.45) is 0 Å². The molecule has 0 unspecified atom stereocenters. The third-order valence-electron chi connectivity index (χ3n) is 7.29. The lowest BCUT2D eigenvalue weighted by atomic mass is 9.96. The maximum absolute atomic E-state index is 13.3. The van der Waals surface area contributed by atoms with E-state index in [4.69, 9.17) is 4.74 Å². The van der Waals surface area contributed by atoms with Crippen molar-refractivity contribution in [2.45, 2.75) is 56.0 Å². The summed E-state index contributed by atoms with van der Waals surface area (Å²) in [4.78, 5) is 17.7. The molecular formula is C27H37N3O4S. The van der Waals surface area contributed by atoms with Crippen molar-refractivity contribution in [1.82, 2.24) is 14.1 Å². The minimum atomic E-state index is -3.64. The van der Waals surface area contributed by atoms with E-state index in [9.17, 15) is 13.2 Å². The summed E-state index contributed by atoms with van der Waals surface area (Å²) < 4.78 is 33.3. The number of methoxy groups -OCH3 is 1. The zero-order chi connectivity index (χ0) is 24.8. The van der Waals surface area contributed by atoms with Crippen LogP contribution >= 0.6 is 0 Å². The van der Waals surface area contributed by atoms with Gasteiger partial charge in [-0.1, -0.05) is 37.5 Å². The van der Waals surface area contributed by atoms with Crippen molar-refractivity contribution in [1.29, 1.82) is 0 Å². The Hall–Kier alpha value is -2.42. The Bertz CT molecular complexity index is 1100. The van der Waals surface area contributed by atoms with Gasteiger partial charge >= 0.3 is 0 Å². The molecule has 1 aliphatic heterocycles. The summed E-state index contributed by atoms with van der Waals surface area (Å²) in [6, 6.07) is 14.7. The molecule has 1 heterocycles. The molecule has 0 bridgehead atoms. The van der Waals surface area contributed by atoms with E-state index in [-0.39, 0.29) is 16.8 Å². The van der Waals surface area contributed by atoms with Gasteiger partial charge < -0.3 is 9.64 Å². The van der Waals surface area contributed by atoms with Crippen LogP contribution in [0.2, 0.25) is 0 Å². The smallest absolute Gasteiger partial charge is 0.253 e. The van der Waals surface area contributed by atoms with Crippen molar-refractivity contribution in [2.75, 3.05) is 40.3 Å². The third kappa shape index (κ3) is 6.23. The van der Waals surface area contributed by atoms with Gasteiger partial charge in [-0.15, -0.1) is 0 Å². The molecule has 1 amide bonds. The van der Waals surface area contributed by atoms with E-state index in [1.54, 1.807) is 38.4 Å². The third-order valence-corrected chi connectivity index (χ3v) is 9.19. The Kier molecular flexibility index (Phi) is 8.46. The number of amides is 1. The van der Waals surface area contributed by atoms with E-state index in [2.05, 4.69) is 17.0 Å². The number of nitrogens with zero attached hydrogens (tertiary/aromatic N) is 3. The van der Waals surface area contributed by atoms with Gasteiger partial charge in [-0.25, -0.2) is 8.42 Å². The number of sulfonamides is 1. The van der Waals surface area contributed by atoms with E-state index in [0.29, 0.717) is 18.7 Å². The van der Waals surface area contributed by atoms with Crippen LogP contribution in [0.4, 0.5) is 0 Å². The van der Waals surface area contributed by atoms with Crippen LogP contribution < -0.4 is 4.74 Å². The predicted octanol–water partition coefficient (Wildman–Crippen LogP) is 4.00. The first-order chi connectivity index (χ1) is 16.9. The molecular weight excluding hydrogens is 462 g/mol. The van der Waals surface area contributed by atoms with Crippen LogP contribution in [0.15, 0.2) is 53.4 Å². The Morgan fingerprint density at radius 2 is 1.71 bits per heavy atom. The molecule has 0 radical (unpaired) electrons. The highest BCUT2D eigenvalue weighted by molar-refractivity contribution is 7.89. The van der Waals surface area contributed by atoms with Crippen molar-refractivity contribution >= 4 is 15.9 Å². The molecule has 0 N–H and O–H groups in total. The Balaban J connectivity index is 1.40. The summed E-state index contributed by atoms with van der Waals surface area (Å²) >= 11 is 0. The first-order valence-corrected chi connectivity index (χ1v) is 14.0. The molecule has 190 valence electrons. The number of carbonyl (C=O) groups excluding carboxylic acids is 1. The maximum atomic E-state index is 13.3. The zero-order valence-corrected chi connectivity index (χ0v) is 21.7. The second-order valence-corrected chi connectivity index (χ2v) is 11.6. The molecule has 0 aromatic heterocycles. The van der Waals surface area contributed by atoms with Gasteiger partial charge in [-0.3, -0.25) is 9.69 Å². The standard InChI is InChI=1S/C27H37N3O4S/c1-28(24-9-4-3-5-10-24)35(32,33)26-11-6-8-23(20-26)27(31)30-17-7-16-29(18-19-30)21-22-12-14-25(34-2)15-13-22/h6,8,11-15,20,24H,3-5,7,9-10,16-19,21H2,1-2H3. The zero-order valence-electron chi connectivity index (χ0n) is 20.9. The van der Waals surface area contributed by atoms with Gasteiger partial charge in [0.25, 0.3) is 5.91 Å². The maximum Gasteiger partial charge on any atom is 0.253 e. The van der Waals surface area contributed by atoms with Gasteiger partial charge in [0.05, 0.1) is 12.0 Å². The number of rotatable bonds is 7. The van der Waals surface area contributed by atoms with Gasteiger partial charge in [0.2, 0.25) is 10.0 Å². The number of hydrogen-bond donors (Lipinski definition) is 0. The Morgan fingerprint density at radius 1 is 0.971 bits per heavy atom. The summed E-state index contributed by atoms with van der Waals surface area (Å²) in [5.41, 5.74) is 1.65. The average molecular weight is 500 g/mol. The summed E-state index contributed by atoms with van der Waals surface area (Å²) in [5.74, 6) is 0.740. The molecule has 2 fully saturated rings. The fraction of sp³-hybridized carbons (Fsp3) is 0.519. The summed E-state index contributed by atoms with van der Waals surface area (Å²) in [7, 11) is -0.301. The van der Waals surface area contributed by atoms with Gasteiger partial charge in [-0.05, 0) is 55.2 Å². The van der Waals surface area contributed by atoms with E-state index < -0.39 is 10.0 Å². The monoisotopic (exact) mass is 499 g/mol. The van der Waals surface area contributed by atoms with Gasteiger partial charge in [-0.2, -0.15) is 4.31 Å². The number of carbonyl (C=O) groups is 1. The van der Waals surface area contributed by atoms with E-state index in [1.165, 1.54) is 16.3 Å². The minimum Gasteiger partial charge on any atom is -0.497 e. The van der Waals surface area contributed by atoms with Crippen molar-refractivity contribution in [3.8, 4) is 5.75 Å². The molecule has 2 aromatic carbocycles. The highest BCUT2D eigenvalue weighted by Crippen LogP contribution is 2.27. The summed E-state index contributed by atoms with van der Waals surface area (Å²) in [5, 5.41) is 0. The lowest BCUT2D eigenvalue weighted by molar-refractivity contribution is 0.0761. The van der Waals surface area contributed by atoms with E-state index >= 15 is 0 Å².